The zero-order valence-corrected chi connectivity index (χ0v) is 16.0. The van der Waals surface area contributed by atoms with Crippen LogP contribution in [-0.2, 0) is 35.8 Å². The summed E-state index contributed by atoms with van der Waals surface area (Å²) in [6, 6.07) is 3.00. The predicted octanol–water partition coefficient (Wildman–Crippen LogP) is 0.838. The summed E-state index contributed by atoms with van der Waals surface area (Å²) in [6.45, 7) is 3.00. The highest BCUT2D eigenvalue weighted by molar-refractivity contribution is 5.99. The number of carbonyl (C=O) groups is 4. The molecule has 4 aliphatic rings. The SMILES string of the molecule is CC(=O)Oc1ccc2c3c1OC1C(=O)C=C[C@@]4(OC(C)=O)[C@@H](C2)N(C=O)CC[C@]314. The lowest BCUT2D eigenvalue weighted by molar-refractivity contribution is -0.190. The standard InChI is InChI=1S/C21H19NO7/c1-11(24)27-15-4-3-13-9-16-21(29-12(2)25)6-5-14(26)19-20(21,7-8-22(16)10-23)17(13)18(15)28-19/h3-6,10,16,19H,7-9H2,1-2H3/t16-,19?,20+,21-/m1/s1. The van der Waals surface area contributed by atoms with Gasteiger partial charge in [0.25, 0.3) is 0 Å². The molecule has 4 atom stereocenters. The molecular weight excluding hydrogens is 378 g/mol. The van der Waals surface area contributed by atoms with E-state index >= 15 is 0 Å². The number of hydrogen-bond acceptors (Lipinski definition) is 7. The zero-order chi connectivity index (χ0) is 20.6. The van der Waals surface area contributed by atoms with Crippen molar-refractivity contribution < 1.29 is 33.4 Å². The van der Waals surface area contributed by atoms with Gasteiger partial charge < -0.3 is 19.1 Å². The number of rotatable bonds is 3. The second-order valence-electron chi connectivity index (χ2n) is 7.93. The first kappa shape index (κ1) is 17.9. The molecule has 2 aliphatic heterocycles. The Morgan fingerprint density at radius 1 is 1.28 bits per heavy atom. The summed E-state index contributed by atoms with van der Waals surface area (Å²) in [6.07, 6.45) is 3.62. The lowest BCUT2D eigenvalue weighted by Gasteiger charge is -2.61. The van der Waals surface area contributed by atoms with Gasteiger partial charge in [-0.2, -0.15) is 0 Å². The lowest BCUT2D eigenvalue weighted by Crippen LogP contribution is -2.76. The molecule has 1 fully saturated rings. The van der Waals surface area contributed by atoms with E-state index in [-0.39, 0.29) is 11.5 Å². The van der Waals surface area contributed by atoms with Crippen LogP contribution in [0.25, 0.3) is 0 Å². The van der Waals surface area contributed by atoms with E-state index in [4.69, 9.17) is 14.2 Å². The van der Waals surface area contributed by atoms with Gasteiger partial charge in [-0.05, 0) is 36.6 Å². The third-order valence-electron chi connectivity index (χ3n) is 6.56. The minimum atomic E-state index is -1.23. The molecule has 1 unspecified atom stereocenters. The fourth-order valence-corrected chi connectivity index (χ4v) is 5.71. The van der Waals surface area contributed by atoms with Crippen LogP contribution in [0.1, 0.15) is 31.4 Å². The van der Waals surface area contributed by atoms with Gasteiger partial charge in [-0.3, -0.25) is 19.2 Å². The molecule has 1 aromatic carbocycles. The van der Waals surface area contributed by atoms with Gasteiger partial charge in [0.2, 0.25) is 6.41 Å². The Morgan fingerprint density at radius 2 is 2.07 bits per heavy atom. The molecule has 8 heteroatoms. The zero-order valence-electron chi connectivity index (χ0n) is 16.0. The number of nitrogens with zero attached hydrogens (tertiary/aromatic N) is 1. The Labute approximate surface area is 166 Å². The summed E-state index contributed by atoms with van der Waals surface area (Å²) in [5, 5.41) is 0. The van der Waals surface area contributed by atoms with Crippen LogP contribution in [0.4, 0.5) is 0 Å². The van der Waals surface area contributed by atoms with Crippen molar-refractivity contribution in [1.29, 1.82) is 0 Å². The molecule has 2 heterocycles. The molecule has 1 spiro atoms. The second kappa shape index (κ2) is 5.68. The van der Waals surface area contributed by atoms with Gasteiger partial charge in [0.05, 0.1) is 11.5 Å². The number of piperidine rings is 1. The fourth-order valence-electron chi connectivity index (χ4n) is 5.71. The number of carbonyl (C=O) groups excluding carboxylic acids is 4. The van der Waals surface area contributed by atoms with Crippen molar-refractivity contribution in [3.8, 4) is 11.5 Å². The molecule has 1 amide bonds. The monoisotopic (exact) mass is 397 g/mol. The topological polar surface area (TPSA) is 99.2 Å². The third-order valence-corrected chi connectivity index (χ3v) is 6.56. The Kier molecular flexibility index (Phi) is 3.51. The highest BCUT2D eigenvalue weighted by atomic mass is 16.6. The Balaban J connectivity index is 1.83. The van der Waals surface area contributed by atoms with E-state index < -0.39 is 35.1 Å². The maximum Gasteiger partial charge on any atom is 0.308 e. The van der Waals surface area contributed by atoms with E-state index in [9.17, 15) is 19.2 Å². The smallest absolute Gasteiger partial charge is 0.308 e. The molecule has 29 heavy (non-hydrogen) atoms. The number of ether oxygens (including phenoxy) is 3. The number of amides is 1. The molecule has 1 saturated heterocycles. The lowest BCUT2D eigenvalue weighted by atomic mass is 9.50. The van der Waals surface area contributed by atoms with Crippen LogP contribution in [0.2, 0.25) is 0 Å². The van der Waals surface area contributed by atoms with E-state index in [0.29, 0.717) is 25.1 Å². The second-order valence-corrected chi connectivity index (χ2v) is 7.93. The molecule has 2 aliphatic carbocycles. The first-order valence-corrected chi connectivity index (χ1v) is 9.49. The van der Waals surface area contributed by atoms with Crippen molar-refractivity contribution in [2.75, 3.05) is 6.54 Å². The van der Waals surface area contributed by atoms with Crippen LogP contribution in [0, 0.1) is 0 Å². The van der Waals surface area contributed by atoms with Crippen LogP contribution in [-0.4, -0.2) is 53.3 Å². The van der Waals surface area contributed by atoms with Gasteiger partial charge in [-0.25, -0.2) is 0 Å². The molecule has 0 N–H and O–H groups in total. The molecule has 0 saturated carbocycles. The first-order valence-electron chi connectivity index (χ1n) is 9.49. The minimum absolute atomic E-state index is 0.237. The number of hydrogen-bond donors (Lipinski definition) is 0. The van der Waals surface area contributed by atoms with Crippen molar-refractivity contribution in [2.24, 2.45) is 0 Å². The Bertz CT molecular complexity index is 1010. The number of ketones is 1. The van der Waals surface area contributed by atoms with Crippen molar-refractivity contribution in [2.45, 2.75) is 49.9 Å². The molecule has 1 aromatic rings. The predicted molar refractivity (Wildman–Crippen MR) is 97.4 cm³/mol. The third kappa shape index (κ3) is 2.03. The van der Waals surface area contributed by atoms with Crippen LogP contribution in [0.3, 0.4) is 0 Å². The molecule has 0 aromatic heterocycles. The molecule has 8 nitrogen and oxygen atoms in total. The summed E-state index contributed by atoms with van der Waals surface area (Å²) in [4.78, 5) is 50.1. The van der Waals surface area contributed by atoms with Crippen molar-refractivity contribution >= 4 is 24.1 Å². The molecule has 2 bridgehead atoms. The minimum Gasteiger partial charge on any atom is -0.477 e. The summed E-state index contributed by atoms with van der Waals surface area (Å²) < 4.78 is 17.4. The first-order chi connectivity index (χ1) is 13.8. The molecule has 0 radical (unpaired) electrons. The summed E-state index contributed by atoms with van der Waals surface area (Å²) in [5.74, 6) is -0.677. The van der Waals surface area contributed by atoms with Gasteiger partial charge in [-0.15, -0.1) is 0 Å². The van der Waals surface area contributed by atoms with E-state index in [0.717, 1.165) is 17.5 Å². The van der Waals surface area contributed by atoms with Crippen LogP contribution in [0.15, 0.2) is 24.3 Å². The summed E-state index contributed by atoms with van der Waals surface area (Å²) in [5.41, 5.74) is -0.583. The van der Waals surface area contributed by atoms with Gasteiger partial charge in [0.1, 0.15) is 0 Å². The fraction of sp³-hybridized carbons (Fsp3) is 0.429. The van der Waals surface area contributed by atoms with E-state index in [2.05, 4.69) is 0 Å². The van der Waals surface area contributed by atoms with Crippen molar-refractivity contribution in [3.63, 3.8) is 0 Å². The number of benzene rings is 1. The summed E-state index contributed by atoms with van der Waals surface area (Å²) >= 11 is 0. The average molecular weight is 397 g/mol. The number of esters is 2. The quantitative estimate of drug-likeness (QED) is 0.423. The Hall–Kier alpha value is -3.16. The van der Waals surface area contributed by atoms with Crippen molar-refractivity contribution in [1.82, 2.24) is 4.90 Å². The van der Waals surface area contributed by atoms with Crippen LogP contribution >= 0.6 is 0 Å². The maximum atomic E-state index is 12.9. The van der Waals surface area contributed by atoms with Crippen LogP contribution < -0.4 is 9.47 Å². The van der Waals surface area contributed by atoms with Gasteiger partial charge in [-0.1, -0.05) is 6.07 Å². The van der Waals surface area contributed by atoms with Gasteiger partial charge >= 0.3 is 11.9 Å². The number of likely N-dealkylation sites (tertiary alicyclic amines) is 1. The normalized spacial score (nSPS) is 32.9. The van der Waals surface area contributed by atoms with E-state index in [1.807, 2.05) is 6.07 Å². The Morgan fingerprint density at radius 3 is 2.76 bits per heavy atom. The summed E-state index contributed by atoms with van der Waals surface area (Å²) in [7, 11) is 0. The highest BCUT2D eigenvalue weighted by Gasteiger charge is 2.74. The van der Waals surface area contributed by atoms with Gasteiger partial charge in [0.15, 0.2) is 29.0 Å². The highest BCUT2D eigenvalue weighted by Crippen LogP contribution is 2.64. The largest absolute Gasteiger partial charge is 0.477 e. The van der Waals surface area contributed by atoms with Crippen molar-refractivity contribution in [3.05, 3.63) is 35.4 Å². The molecule has 5 rings (SSSR count). The maximum absolute atomic E-state index is 12.9. The average Bonchev–Trinajstić information content (AvgIpc) is 3.00. The molecule has 150 valence electrons. The van der Waals surface area contributed by atoms with E-state index in [1.54, 1.807) is 17.0 Å². The van der Waals surface area contributed by atoms with E-state index in [1.165, 1.54) is 19.9 Å². The van der Waals surface area contributed by atoms with Gasteiger partial charge in [0, 0.05) is 26.0 Å². The molecular formula is C21H19NO7. The van der Waals surface area contributed by atoms with Crippen LogP contribution in [0.5, 0.6) is 11.5 Å².